The van der Waals surface area contributed by atoms with Crippen molar-refractivity contribution in [1.82, 2.24) is 0 Å². The molecule has 0 aromatic heterocycles. The molecule has 0 saturated carbocycles. The quantitative estimate of drug-likeness (QED) is 0.672. The second kappa shape index (κ2) is 3.72. The predicted molar refractivity (Wildman–Crippen MR) is 48.2 cm³/mol. The van der Waals surface area contributed by atoms with Crippen molar-refractivity contribution in [3.63, 3.8) is 0 Å². The van der Waals surface area contributed by atoms with E-state index in [2.05, 4.69) is 0 Å². The fourth-order valence-corrected chi connectivity index (χ4v) is 2.20. The zero-order valence-electron chi connectivity index (χ0n) is 4.77. The van der Waals surface area contributed by atoms with Crippen LogP contribution in [0.4, 0.5) is 0 Å². The zero-order valence-corrected chi connectivity index (χ0v) is 7.86. The molecular formula is C6H3Cl3S. The molecule has 10 heavy (non-hydrogen) atoms. The van der Waals surface area contributed by atoms with Gasteiger partial charge in [-0.1, -0.05) is 29.3 Å². The van der Waals surface area contributed by atoms with Gasteiger partial charge in [0.2, 0.25) is 0 Å². The van der Waals surface area contributed by atoms with E-state index in [1.165, 1.54) is 0 Å². The molecule has 0 nitrogen and oxygen atoms in total. The van der Waals surface area contributed by atoms with E-state index >= 15 is 0 Å². The Morgan fingerprint density at radius 2 is 1.60 bits per heavy atom. The second-order valence-corrected chi connectivity index (χ2v) is 3.47. The smallest absolute Gasteiger partial charge is 0.0606 e. The number of hydrogen-bond acceptors (Lipinski definition) is 1. The van der Waals surface area contributed by atoms with Gasteiger partial charge in [-0.3, -0.25) is 0 Å². The normalized spacial score (nSPS) is 9.90. The second-order valence-electron chi connectivity index (χ2n) is 1.63. The minimum absolute atomic E-state index is 0.590. The summed E-state index contributed by atoms with van der Waals surface area (Å²) in [6.07, 6.45) is 0. The van der Waals surface area contributed by atoms with Gasteiger partial charge in [-0.25, -0.2) is 0 Å². The molecule has 0 radical (unpaired) electrons. The Bertz CT molecular complexity index is 216. The summed E-state index contributed by atoms with van der Waals surface area (Å²) in [5.74, 6) is 0. The highest BCUT2D eigenvalue weighted by molar-refractivity contribution is 8.21. The van der Waals surface area contributed by atoms with Gasteiger partial charge in [-0.2, -0.15) is 0 Å². The van der Waals surface area contributed by atoms with Gasteiger partial charge in [0.25, 0.3) is 0 Å². The monoisotopic (exact) mass is 212 g/mol. The molecule has 0 amide bonds. The Balaban J connectivity index is 3.17. The van der Waals surface area contributed by atoms with E-state index in [4.69, 9.17) is 33.9 Å². The summed E-state index contributed by atoms with van der Waals surface area (Å²) in [5.41, 5.74) is 0. The fourth-order valence-electron chi connectivity index (χ4n) is 0.556. The Kier molecular flexibility index (Phi) is 3.18. The first-order valence-corrected chi connectivity index (χ1v) is 4.88. The van der Waals surface area contributed by atoms with Crippen molar-refractivity contribution in [3.05, 3.63) is 28.2 Å². The van der Waals surface area contributed by atoms with Crippen LogP contribution in [0.25, 0.3) is 0 Å². The maximum atomic E-state index is 5.74. The Labute approximate surface area is 78.0 Å². The van der Waals surface area contributed by atoms with Crippen molar-refractivity contribution >= 4 is 44.9 Å². The van der Waals surface area contributed by atoms with Crippen LogP contribution >= 0.6 is 44.9 Å². The molecule has 54 valence electrons. The van der Waals surface area contributed by atoms with Crippen LogP contribution in [0.1, 0.15) is 0 Å². The molecule has 0 spiro atoms. The lowest BCUT2D eigenvalue weighted by atomic mass is 10.4. The first kappa shape index (κ1) is 8.54. The largest absolute Gasteiger partial charge is 0.0830 e. The fraction of sp³-hybridized carbons (Fsp3) is 0. The lowest BCUT2D eigenvalue weighted by molar-refractivity contribution is 1.47. The first-order chi connectivity index (χ1) is 4.75. The highest BCUT2D eigenvalue weighted by Gasteiger charge is 2.02. The third-order valence-electron chi connectivity index (χ3n) is 0.996. The van der Waals surface area contributed by atoms with Crippen LogP contribution in [0.2, 0.25) is 10.0 Å². The predicted octanol–water partition coefficient (Wildman–Crippen LogP) is 4.24. The maximum absolute atomic E-state index is 5.74. The minimum atomic E-state index is 0.590. The van der Waals surface area contributed by atoms with Gasteiger partial charge in [-0.15, -0.1) is 0 Å². The molecule has 0 N–H and O–H groups in total. The molecule has 0 aliphatic rings. The van der Waals surface area contributed by atoms with Gasteiger partial charge in [0.05, 0.1) is 14.9 Å². The van der Waals surface area contributed by atoms with Crippen LogP contribution in [-0.4, -0.2) is 0 Å². The van der Waals surface area contributed by atoms with Gasteiger partial charge in [-0.05, 0) is 33.8 Å². The Hall–Kier alpha value is 0.440. The molecule has 0 atom stereocenters. The van der Waals surface area contributed by atoms with Crippen molar-refractivity contribution in [1.29, 1.82) is 0 Å². The molecule has 0 unspecified atom stereocenters. The van der Waals surface area contributed by atoms with E-state index in [9.17, 15) is 0 Å². The van der Waals surface area contributed by atoms with Gasteiger partial charge in [0, 0.05) is 0 Å². The SMILES string of the molecule is ClSc1c(Cl)cccc1Cl. The van der Waals surface area contributed by atoms with Crippen molar-refractivity contribution in [3.8, 4) is 0 Å². The van der Waals surface area contributed by atoms with E-state index in [0.717, 1.165) is 11.0 Å². The van der Waals surface area contributed by atoms with Crippen LogP contribution in [0.5, 0.6) is 0 Å². The molecule has 4 heteroatoms. The van der Waals surface area contributed by atoms with Gasteiger partial charge < -0.3 is 0 Å². The van der Waals surface area contributed by atoms with Crippen molar-refractivity contribution < 1.29 is 0 Å². The molecule has 0 bridgehead atoms. The standard InChI is InChI=1S/C6H3Cl3S/c7-4-2-1-3-5(8)6(4)10-9/h1-3H. The van der Waals surface area contributed by atoms with Gasteiger partial charge in [0.15, 0.2) is 0 Å². The molecular weight excluding hydrogens is 210 g/mol. The Morgan fingerprint density at radius 3 is 1.90 bits per heavy atom. The van der Waals surface area contributed by atoms with Gasteiger partial charge in [0.1, 0.15) is 0 Å². The first-order valence-electron chi connectivity index (χ1n) is 2.48. The van der Waals surface area contributed by atoms with Crippen LogP contribution in [0.3, 0.4) is 0 Å². The molecule has 1 aromatic carbocycles. The lowest BCUT2D eigenvalue weighted by Gasteiger charge is -1.98. The zero-order chi connectivity index (χ0) is 7.56. The number of rotatable bonds is 1. The molecule has 0 fully saturated rings. The summed E-state index contributed by atoms with van der Waals surface area (Å²) < 4.78 is 0. The summed E-state index contributed by atoms with van der Waals surface area (Å²) in [6.45, 7) is 0. The minimum Gasteiger partial charge on any atom is -0.0830 e. The number of benzene rings is 1. The van der Waals surface area contributed by atoms with E-state index in [1.807, 2.05) is 0 Å². The van der Waals surface area contributed by atoms with Gasteiger partial charge >= 0.3 is 0 Å². The number of hydrogen-bond donors (Lipinski definition) is 0. The molecule has 0 aliphatic carbocycles. The van der Waals surface area contributed by atoms with Crippen LogP contribution in [0, 0.1) is 0 Å². The molecule has 0 aliphatic heterocycles. The van der Waals surface area contributed by atoms with Crippen molar-refractivity contribution in [2.45, 2.75) is 4.90 Å². The molecule has 1 aromatic rings. The van der Waals surface area contributed by atoms with E-state index < -0.39 is 0 Å². The highest BCUT2D eigenvalue weighted by atomic mass is 35.7. The van der Waals surface area contributed by atoms with E-state index in [-0.39, 0.29) is 0 Å². The van der Waals surface area contributed by atoms with E-state index in [0.29, 0.717) is 14.9 Å². The maximum Gasteiger partial charge on any atom is 0.0606 e. The summed E-state index contributed by atoms with van der Waals surface area (Å²) in [4.78, 5) is 0.715. The average Bonchev–Trinajstić information content (AvgIpc) is 1.88. The Morgan fingerprint density at radius 1 is 1.10 bits per heavy atom. The van der Waals surface area contributed by atoms with Crippen LogP contribution in [0.15, 0.2) is 23.1 Å². The van der Waals surface area contributed by atoms with E-state index in [1.54, 1.807) is 18.2 Å². The average molecular weight is 214 g/mol. The van der Waals surface area contributed by atoms with Crippen LogP contribution in [-0.2, 0) is 0 Å². The third kappa shape index (κ3) is 1.73. The molecule has 0 saturated heterocycles. The highest BCUT2D eigenvalue weighted by Crippen LogP contribution is 2.35. The van der Waals surface area contributed by atoms with Crippen molar-refractivity contribution in [2.75, 3.05) is 0 Å². The lowest BCUT2D eigenvalue weighted by Crippen LogP contribution is -1.71. The summed E-state index contributed by atoms with van der Waals surface area (Å²) in [5, 5.41) is 1.18. The summed E-state index contributed by atoms with van der Waals surface area (Å²) in [7, 11) is 6.52. The third-order valence-corrected chi connectivity index (χ3v) is 2.91. The topological polar surface area (TPSA) is 0 Å². The summed E-state index contributed by atoms with van der Waals surface area (Å²) in [6, 6.07) is 5.28. The number of halogens is 3. The van der Waals surface area contributed by atoms with Crippen LogP contribution < -0.4 is 0 Å². The molecule has 0 heterocycles. The van der Waals surface area contributed by atoms with Crippen molar-refractivity contribution in [2.24, 2.45) is 0 Å². The molecule has 1 rings (SSSR count). The summed E-state index contributed by atoms with van der Waals surface area (Å²) >= 11 is 11.5.